The van der Waals surface area contributed by atoms with Crippen molar-refractivity contribution >= 4 is 0 Å². The lowest BCUT2D eigenvalue weighted by Crippen LogP contribution is -2.62. The minimum Gasteiger partial charge on any atom is -0.412 e. The summed E-state index contributed by atoms with van der Waals surface area (Å²) in [5, 5.41) is 37.4. The first kappa shape index (κ1) is 14.7. The summed E-state index contributed by atoms with van der Waals surface area (Å²) in [4.78, 5) is 1.56. The van der Waals surface area contributed by atoms with E-state index < -0.39 is 37.3 Å². The van der Waals surface area contributed by atoms with Crippen molar-refractivity contribution < 1.29 is 30.6 Å². The third-order valence-corrected chi connectivity index (χ3v) is 2.46. The Morgan fingerprint density at radius 2 is 1.67 bits per heavy atom. The Morgan fingerprint density at radius 3 is 2.07 bits per heavy atom. The fourth-order valence-electron chi connectivity index (χ4n) is 1.64. The van der Waals surface area contributed by atoms with Crippen molar-refractivity contribution in [1.29, 1.82) is 0 Å². The number of aliphatic hydroxyl groups excluding tert-OH is 4. The van der Waals surface area contributed by atoms with Crippen molar-refractivity contribution in [2.24, 2.45) is 0 Å². The van der Waals surface area contributed by atoms with E-state index in [0.717, 1.165) is 0 Å². The Labute approximate surface area is 87.8 Å². The summed E-state index contributed by atoms with van der Waals surface area (Å²) < 4.78 is 4.95. The lowest BCUT2D eigenvalue weighted by atomic mass is 9.96. The molecule has 1 unspecified atom stereocenters. The van der Waals surface area contributed by atoms with Gasteiger partial charge in [0.2, 0.25) is 0 Å². The maximum atomic E-state index is 9.64. The van der Waals surface area contributed by atoms with E-state index in [4.69, 9.17) is 9.84 Å². The highest BCUT2D eigenvalue weighted by Crippen LogP contribution is 2.22. The number of nitrogens with zero attached hydrogens (tertiary/aromatic N) is 1. The molecule has 0 saturated carbocycles. The predicted molar refractivity (Wildman–Crippen MR) is 51.1 cm³/mol. The van der Waals surface area contributed by atoms with Crippen molar-refractivity contribution in [3.05, 3.63) is 0 Å². The van der Waals surface area contributed by atoms with Crippen molar-refractivity contribution in [2.75, 3.05) is 20.7 Å². The first-order valence-electron chi connectivity index (χ1n) is 4.46. The van der Waals surface area contributed by atoms with Crippen LogP contribution in [0.4, 0.5) is 0 Å². The highest BCUT2D eigenvalue weighted by Gasteiger charge is 2.44. The monoisotopic (exact) mass is 225 g/mol. The molecule has 0 bridgehead atoms. The first-order valence-corrected chi connectivity index (χ1v) is 4.46. The molecule has 7 nitrogen and oxygen atoms in total. The molecule has 0 aromatic rings. The van der Waals surface area contributed by atoms with Gasteiger partial charge in [0, 0.05) is 0 Å². The second-order valence-corrected chi connectivity index (χ2v) is 3.68. The largest absolute Gasteiger partial charge is 0.412 e. The van der Waals surface area contributed by atoms with Gasteiger partial charge in [-0.05, 0) is 14.1 Å². The molecule has 1 aliphatic rings. The number of ether oxygens (including phenoxy) is 1. The molecule has 0 aromatic carbocycles. The SMILES string of the molecule is CN(C)[C@H]1C(O)O[C@H](CO)[C@@H](O)[C@@H]1O.O. The van der Waals surface area contributed by atoms with Gasteiger partial charge in [0.1, 0.15) is 18.3 Å². The summed E-state index contributed by atoms with van der Waals surface area (Å²) in [5.74, 6) is 0. The third kappa shape index (κ3) is 2.85. The van der Waals surface area contributed by atoms with Crippen LogP contribution in [0.1, 0.15) is 0 Å². The van der Waals surface area contributed by atoms with Crippen LogP contribution in [0.3, 0.4) is 0 Å². The second-order valence-electron chi connectivity index (χ2n) is 3.68. The van der Waals surface area contributed by atoms with Crippen LogP contribution in [0.25, 0.3) is 0 Å². The molecule has 0 radical (unpaired) electrons. The number of hydrogen-bond acceptors (Lipinski definition) is 6. The molecule has 0 aromatic heterocycles. The van der Waals surface area contributed by atoms with E-state index >= 15 is 0 Å². The molecule has 1 saturated heterocycles. The number of likely N-dealkylation sites (N-methyl/N-ethyl adjacent to an activating group) is 1. The summed E-state index contributed by atoms with van der Waals surface area (Å²) in [5.41, 5.74) is 0. The maximum absolute atomic E-state index is 9.64. The third-order valence-electron chi connectivity index (χ3n) is 2.46. The summed E-state index contributed by atoms with van der Waals surface area (Å²) in [6, 6.07) is -0.687. The summed E-state index contributed by atoms with van der Waals surface area (Å²) >= 11 is 0. The van der Waals surface area contributed by atoms with Gasteiger partial charge in [-0.3, -0.25) is 4.90 Å². The van der Waals surface area contributed by atoms with Crippen molar-refractivity contribution in [2.45, 2.75) is 30.6 Å². The molecule has 92 valence electrons. The van der Waals surface area contributed by atoms with E-state index in [2.05, 4.69) is 0 Å². The topological polar surface area (TPSA) is 125 Å². The van der Waals surface area contributed by atoms with E-state index in [1.807, 2.05) is 0 Å². The van der Waals surface area contributed by atoms with Crippen LogP contribution in [0.15, 0.2) is 0 Å². The van der Waals surface area contributed by atoms with Crippen molar-refractivity contribution in [3.8, 4) is 0 Å². The highest BCUT2D eigenvalue weighted by molar-refractivity contribution is 4.92. The van der Waals surface area contributed by atoms with Crippen LogP contribution in [-0.2, 0) is 4.74 Å². The van der Waals surface area contributed by atoms with Crippen LogP contribution in [0.5, 0.6) is 0 Å². The Hall–Kier alpha value is -0.280. The second kappa shape index (κ2) is 5.71. The first-order chi connectivity index (χ1) is 6.49. The van der Waals surface area contributed by atoms with Gasteiger partial charge in [0.25, 0.3) is 0 Å². The summed E-state index contributed by atoms with van der Waals surface area (Å²) in [6.45, 7) is -0.435. The predicted octanol–water partition coefficient (Wildman–Crippen LogP) is -3.48. The Bertz CT molecular complexity index is 190. The normalized spacial score (nSPS) is 41.4. The van der Waals surface area contributed by atoms with Gasteiger partial charge in [0.15, 0.2) is 6.29 Å². The van der Waals surface area contributed by atoms with Gasteiger partial charge in [-0.15, -0.1) is 0 Å². The average molecular weight is 225 g/mol. The van der Waals surface area contributed by atoms with E-state index in [9.17, 15) is 15.3 Å². The van der Waals surface area contributed by atoms with Crippen LogP contribution in [0.2, 0.25) is 0 Å². The zero-order valence-corrected chi connectivity index (χ0v) is 8.74. The van der Waals surface area contributed by atoms with Gasteiger partial charge >= 0.3 is 0 Å². The summed E-state index contributed by atoms with van der Waals surface area (Å²) in [7, 11) is 3.32. The summed E-state index contributed by atoms with van der Waals surface area (Å²) in [6.07, 6.45) is -4.46. The van der Waals surface area contributed by atoms with Crippen LogP contribution < -0.4 is 0 Å². The molecule has 0 aliphatic carbocycles. The van der Waals surface area contributed by atoms with E-state index in [1.165, 1.54) is 0 Å². The Morgan fingerprint density at radius 1 is 1.13 bits per heavy atom. The van der Waals surface area contributed by atoms with Crippen LogP contribution >= 0.6 is 0 Å². The molecular weight excluding hydrogens is 206 g/mol. The van der Waals surface area contributed by atoms with Crippen molar-refractivity contribution in [3.63, 3.8) is 0 Å². The molecule has 1 rings (SSSR count). The quantitative estimate of drug-likeness (QED) is 0.387. The Balaban J connectivity index is 0.00000196. The standard InChI is InChI=1S/C8H17NO5.H2O/c1-9(2)5-7(12)6(11)4(3-10)14-8(5)13;/h4-8,10-13H,3H2,1-2H3;1H2/t4-,5-,6-,7-,8?;/m1./s1. The number of rotatable bonds is 2. The Kier molecular flexibility index (Phi) is 5.60. The van der Waals surface area contributed by atoms with Gasteiger partial charge in [-0.25, -0.2) is 0 Å². The smallest absolute Gasteiger partial charge is 0.173 e. The highest BCUT2D eigenvalue weighted by atomic mass is 16.6. The molecule has 1 aliphatic heterocycles. The molecule has 15 heavy (non-hydrogen) atoms. The molecule has 6 N–H and O–H groups in total. The molecule has 0 amide bonds. The van der Waals surface area contributed by atoms with E-state index in [1.54, 1.807) is 19.0 Å². The number of hydrogen-bond donors (Lipinski definition) is 4. The molecule has 1 heterocycles. The van der Waals surface area contributed by atoms with Gasteiger partial charge in [-0.1, -0.05) is 0 Å². The minimum absolute atomic E-state index is 0. The fraction of sp³-hybridized carbons (Fsp3) is 1.00. The van der Waals surface area contributed by atoms with Gasteiger partial charge < -0.3 is 30.6 Å². The molecule has 1 fully saturated rings. The molecular formula is C8H19NO6. The van der Waals surface area contributed by atoms with Gasteiger partial charge in [0.05, 0.1) is 12.6 Å². The number of aliphatic hydroxyl groups is 4. The zero-order chi connectivity index (χ0) is 10.9. The molecule has 5 atom stereocenters. The molecule has 0 spiro atoms. The van der Waals surface area contributed by atoms with Crippen LogP contribution in [-0.4, -0.2) is 82.1 Å². The zero-order valence-electron chi connectivity index (χ0n) is 8.74. The van der Waals surface area contributed by atoms with Crippen LogP contribution in [0, 0.1) is 0 Å². The van der Waals surface area contributed by atoms with E-state index in [0.29, 0.717) is 0 Å². The van der Waals surface area contributed by atoms with E-state index in [-0.39, 0.29) is 5.48 Å². The fourth-order valence-corrected chi connectivity index (χ4v) is 1.64. The lowest BCUT2D eigenvalue weighted by molar-refractivity contribution is -0.268. The van der Waals surface area contributed by atoms with Gasteiger partial charge in [-0.2, -0.15) is 0 Å². The average Bonchev–Trinajstić information content (AvgIpc) is 2.10. The maximum Gasteiger partial charge on any atom is 0.173 e. The van der Waals surface area contributed by atoms with Crippen molar-refractivity contribution in [1.82, 2.24) is 4.90 Å². The minimum atomic E-state index is -1.21. The lowest BCUT2D eigenvalue weighted by Gasteiger charge is -2.42. The molecule has 7 heteroatoms.